The molecular weight excluding hydrogens is 456 g/mol. The highest BCUT2D eigenvalue weighted by Gasteiger charge is 2.33. The first-order valence-electron chi connectivity index (χ1n) is 6.23. The van der Waals surface area contributed by atoms with Crippen LogP contribution in [0.4, 0.5) is 5.69 Å². The van der Waals surface area contributed by atoms with E-state index in [2.05, 4.69) is 36.3 Å². The van der Waals surface area contributed by atoms with E-state index in [0.29, 0.717) is 5.57 Å². The van der Waals surface area contributed by atoms with Crippen LogP contribution in [0.3, 0.4) is 0 Å². The van der Waals surface area contributed by atoms with Crippen LogP contribution in [0.25, 0.3) is 0 Å². The summed E-state index contributed by atoms with van der Waals surface area (Å²) in [4.78, 5) is 20.2. The molecule has 0 amide bonds. The Bertz CT molecular complexity index is 848. The van der Waals surface area contributed by atoms with Crippen LogP contribution < -0.4 is 0 Å². The number of allylic oxidation sites excluding steroid dienone is 2. The van der Waals surface area contributed by atoms with Gasteiger partial charge < -0.3 is 0 Å². The lowest BCUT2D eigenvalue weighted by atomic mass is 9.98. The summed E-state index contributed by atoms with van der Waals surface area (Å²) in [5.41, 5.74) is 0.255. The number of benzene rings is 1. The minimum atomic E-state index is -4.14. The minimum absolute atomic E-state index is 0.179. The molecule has 0 aromatic heterocycles. The van der Waals surface area contributed by atoms with Crippen molar-refractivity contribution in [1.82, 2.24) is 0 Å². The zero-order chi connectivity index (χ0) is 17.4. The predicted molar refractivity (Wildman–Crippen MR) is 91.9 cm³/mol. The standard InChI is InChI=1S/C13H10Br2N2O5S/c1-7-5-10(18)11(14)12(15)13(7)16-23(21,22)9-4-2-3-8(6-9)17(19)20/h2-6,11-12H,1H3. The zero-order valence-corrected chi connectivity index (χ0v) is 15.6. The van der Waals surface area contributed by atoms with Gasteiger partial charge in [-0.1, -0.05) is 37.9 Å². The van der Waals surface area contributed by atoms with E-state index >= 15 is 0 Å². The Hall–Kier alpha value is -1.39. The molecule has 1 aliphatic carbocycles. The predicted octanol–water partition coefficient (Wildman–Crippen LogP) is 2.78. The fourth-order valence-electron chi connectivity index (χ4n) is 1.93. The number of hydrogen-bond acceptors (Lipinski definition) is 5. The third-order valence-electron chi connectivity index (χ3n) is 3.10. The second kappa shape index (κ2) is 6.62. The maximum atomic E-state index is 12.4. The van der Waals surface area contributed by atoms with Gasteiger partial charge >= 0.3 is 0 Å². The van der Waals surface area contributed by atoms with Crippen molar-refractivity contribution < 1.29 is 18.1 Å². The summed E-state index contributed by atoms with van der Waals surface area (Å²) in [5.74, 6) is -0.198. The van der Waals surface area contributed by atoms with Crippen molar-refractivity contribution in [3.63, 3.8) is 0 Å². The van der Waals surface area contributed by atoms with Crippen molar-refractivity contribution >= 4 is 59.1 Å². The van der Waals surface area contributed by atoms with Gasteiger partial charge in [-0.15, -0.1) is 0 Å². The largest absolute Gasteiger partial charge is 0.294 e. The van der Waals surface area contributed by atoms with Crippen molar-refractivity contribution in [1.29, 1.82) is 0 Å². The minimum Gasteiger partial charge on any atom is -0.294 e. The molecule has 0 saturated carbocycles. The first-order chi connectivity index (χ1) is 10.6. The Morgan fingerprint density at radius 3 is 2.52 bits per heavy atom. The molecule has 2 rings (SSSR count). The number of rotatable bonds is 3. The Kier molecular flexibility index (Phi) is 5.17. The lowest BCUT2D eigenvalue weighted by molar-refractivity contribution is -0.385. The highest BCUT2D eigenvalue weighted by molar-refractivity contribution is 9.12. The first kappa shape index (κ1) is 18.0. The SMILES string of the molecule is CC1=CC(=O)C(Br)C(Br)C1=NS(=O)(=O)c1cccc([N+](=O)[O-])c1. The fraction of sp³-hybridized carbons (Fsp3) is 0.231. The van der Waals surface area contributed by atoms with E-state index in [9.17, 15) is 23.3 Å². The number of non-ortho nitro benzene ring substituents is 1. The molecule has 0 heterocycles. The number of nitro benzene ring substituents is 1. The summed E-state index contributed by atoms with van der Waals surface area (Å²) in [6.45, 7) is 1.58. The Morgan fingerprint density at radius 2 is 1.91 bits per heavy atom. The van der Waals surface area contributed by atoms with E-state index < -0.39 is 24.6 Å². The van der Waals surface area contributed by atoms with E-state index in [4.69, 9.17) is 0 Å². The molecular formula is C13H10Br2N2O5S. The number of carbonyl (C=O) groups excluding carboxylic acids is 1. The summed E-state index contributed by atoms with van der Waals surface area (Å²) in [6.07, 6.45) is 1.30. The smallest absolute Gasteiger partial charge is 0.282 e. The number of halogens is 2. The highest BCUT2D eigenvalue weighted by Crippen LogP contribution is 2.28. The molecule has 0 bridgehead atoms. The van der Waals surface area contributed by atoms with Crippen LogP contribution in [0.2, 0.25) is 0 Å². The van der Waals surface area contributed by atoms with Gasteiger partial charge in [0.15, 0.2) is 5.78 Å². The molecule has 0 fully saturated rings. The number of nitro groups is 1. The van der Waals surface area contributed by atoms with Crippen LogP contribution in [0.1, 0.15) is 6.92 Å². The van der Waals surface area contributed by atoms with E-state index in [0.717, 1.165) is 6.07 Å². The molecule has 1 aliphatic rings. The van der Waals surface area contributed by atoms with Crippen LogP contribution in [0.15, 0.2) is 45.2 Å². The third-order valence-corrected chi connectivity index (χ3v) is 7.04. The molecule has 23 heavy (non-hydrogen) atoms. The van der Waals surface area contributed by atoms with E-state index in [1.165, 1.54) is 24.3 Å². The average Bonchev–Trinajstić information content (AvgIpc) is 2.49. The number of nitrogens with zero attached hydrogens (tertiary/aromatic N) is 2. The molecule has 2 unspecified atom stereocenters. The first-order valence-corrected chi connectivity index (χ1v) is 9.50. The molecule has 0 spiro atoms. The maximum absolute atomic E-state index is 12.4. The molecule has 1 aromatic carbocycles. The van der Waals surface area contributed by atoms with Crippen molar-refractivity contribution in [3.8, 4) is 0 Å². The lowest BCUT2D eigenvalue weighted by Gasteiger charge is -2.22. The summed E-state index contributed by atoms with van der Waals surface area (Å²) >= 11 is 6.43. The molecule has 0 saturated heterocycles. The summed E-state index contributed by atoms with van der Waals surface area (Å²) in [7, 11) is -4.14. The molecule has 0 aliphatic heterocycles. The third kappa shape index (κ3) is 3.75. The summed E-state index contributed by atoms with van der Waals surface area (Å²) in [5, 5.41) is 10.8. The number of ketones is 1. The zero-order valence-electron chi connectivity index (χ0n) is 11.6. The molecule has 10 heteroatoms. The molecule has 0 N–H and O–H groups in total. The van der Waals surface area contributed by atoms with Crippen LogP contribution in [0.5, 0.6) is 0 Å². The molecule has 7 nitrogen and oxygen atoms in total. The Labute approximate surface area is 148 Å². The number of alkyl halides is 2. The highest BCUT2D eigenvalue weighted by atomic mass is 79.9. The van der Waals surface area contributed by atoms with Crippen LogP contribution >= 0.6 is 31.9 Å². The van der Waals surface area contributed by atoms with Gasteiger partial charge in [-0.2, -0.15) is 12.8 Å². The maximum Gasteiger partial charge on any atom is 0.282 e. The summed E-state index contributed by atoms with van der Waals surface area (Å²) in [6, 6.07) is 4.64. The van der Waals surface area contributed by atoms with Crippen molar-refractivity contribution in [2.24, 2.45) is 4.40 Å². The van der Waals surface area contributed by atoms with E-state index in [1.54, 1.807) is 6.92 Å². The van der Waals surface area contributed by atoms with E-state index in [1.807, 2.05) is 0 Å². The molecule has 122 valence electrons. The van der Waals surface area contributed by atoms with Gasteiger partial charge in [0.1, 0.15) is 0 Å². The quantitative estimate of drug-likeness (QED) is 0.387. The van der Waals surface area contributed by atoms with E-state index in [-0.39, 0.29) is 22.1 Å². The second-order valence-electron chi connectivity index (χ2n) is 4.74. The summed E-state index contributed by atoms with van der Waals surface area (Å²) < 4.78 is 28.5. The number of carbonyl (C=O) groups is 1. The van der Waals surface area contributed by atoms with Crippen molar-refractivity contribution in [2.75, 3.05) is 0 Å². The van der Waals surface area contributed by atoms with Gasteiger partial charge in [0.25, 0.3) is 15.7 Å². The van der Waals surface area contributed by atoms with Gasteiger partial charge in [-0.3, -0.25) is 14.9 Å². The van der Waals surface area contributed by atoms with Crippen LogP contribution in [0, 0.1) is 10.1 Å². The Balaban J connectivity index is 2.52. The van der Waals surface area contributed by atoms with Crippen molar-refractivity contribution in [3.05, 3.63) is 46.0 Å². The van der Waals surface area contributed by atoms with Gasteiger partial charge in [-0.25, -0.2) is 0 Å². The molecule has 0 radical (unpaired) electrons. The second-order valence-corrected chi connectivity index (χ2v) is 8.32. The lowest BCUT2D eigenvalue weighted by Crippen LogP contribution is -2.35. The normalized spacial score (nSPS) is 23.7. The average molecular weight is 466 g/mol. The molecule has 2 atom stereocenters. The fourth-order valence-corrected chi connectivity index (χ4v) is 4.31. The van der Waals surface area contributed by atoms with Gasteiger partial charge in [0, 0.05) is 12.1 Å². The number of sulfonamides is 1. The molecule has 1 aromatic rings. The van der Waals surface area contributed by atoms with Gasteiger partial charge in [-0.05, 0) is 24.6 Å². The Morgan fingerprint density at radius 1 is 1.26 bits per heavy atom. The topological polar surface area (TPSA) is 107 Å². The van der Waals surface area contributed by atoms with Crippen LogP contribution in [-0.4, -0.2) is 34.5 Å². The monoisotopic (exact) mass is 464 g/mol. The van der Waals surface area contributed by atoms with Crippen LogP contribution in [-0.2, 0) is 14.8 Å². The van der Waals surface area contributed by atoms with Gasteiger partial charge in [0.05, 0.1) is 25.2 Å². The van der Waals surface area contributed by atoms with Crippen molar-refractivity contribution in [2.45, 2.75) is 21.5 Å². The number of hydrogen-bond donors (Lipinski definition) is 0. The van der Waals surface area contributed by atoms with Gasteiger partial charge in [0.2, 0.25) is 0 Å².